The van der Waals surface area contributed by atoms with E-state index in [4.69, 9.17) is 97.4 Å². The molecule has 4 aliphatic heterocycles. The van der Waals surface area contributed by atoms with Gasteiger partial charge in [0, 0.05) is 106 Å². The van der Waals surface area contributed by atoms with Crippen LogP contribution >= 0.6 is 94.4 Å². The lowest BCUT2D eigenvalue weighted by molar-refractivity contribution is -0.144. The van der Waals surface area contributed by atoms with Crippen LogP contribution < -0.4 is 0 Å². The van der Waals surface area contributed by atoms with Crippen LogP contribution in [0.1, 0.15) is 187 Å². The molecule has 14 nitrogen and oxygen atoms in total. The van der Waals surface area contributed by atoms with Crippen LogP contribution in [0.5, 0.6) is 0 Å². The summed E-state index contributed by atoms with van der Waals surface area (Å²) in [4.78, 5) is 53.8. The molecule has 0 spiro atoms. The van der Waals surface area contributed by atoms with Crippen LogP contribution in [0.15, 0.2) is 72.8 Å². The second kappa shape index (κ2) is 43.6. The molecule has 24 heteroatoms. The minimum Gasteiger partial charge on any atom is -0.466 e. The quantitative estimate of drug-likeness (QED) is 0.0216. The lowest BCUT2D eigenvalue weighted by Gasteiger charge is -2.35. The average molecular weight is 1650 g/mol. The summed E-state index contributed by atoms with van der Waals surface area (Å²) in [6, 6.07) is 20.4. The Morgan fingerprint density at radius 3 is 0.812 bits per heavy atom. The van der Waals surface area contributed by atoms with E-state index in [9.17, 15) is 36.7 Å². The smallest absolute Gasteiger partial charge is 0.314 e. The van der Waals surface area contributed by atoms with Crippen LogP contribution in [-0.4, -0.2) is 130 Å². The Hall–Kier alpha value is -4.08. The molecule has 0 aliphatic carbocycles. The summed E-state index contributed by atoms with van der Waals surface area (Å²) in [6.07, 6.45) is 5.39. The molecule has 0 bridgehead atoms. The lowest BCUT2D eigenvalue weighted by Crippen LogP contribution is -2.36. The standard InChI is InChI=1S/2C18H21ClFNO3.2C18H24ClFO3.2HI/c2*1-3-24-17(22)11-16(21-2)13-8-14(10-15(19)9-13)18(12-20)4-6-23-7-5-18;2*1-3-23-17(21)8-13(2)14-9-15(11-16(19)10-14)18(12-20)4-6-22-7-5-18;;/h2*8-10,16H,3-7,11-12H2,1H3;2*9-11,13H,3-8,12H2,1-2H3;2*1H/t2*16-;2*13-;;/m1010../s1. The zero-order valence-electron chi connectivity index (χ0n) is 55.7. The maximum absolute atomic E-state index is 13.8. The largest absolute Gasteiger partial charge is 0.466 e. The van der Waals surface area contributed by atoms with E-state index in [0.29, 0.717) is 161 Å². The van der Waals surface area contributed by atoms with E-state index >= 15 is 0 Å². The van der Waals surface area contributed by atoms with Gasteiger partial charge in [0.05, 0.1) is 66.0 Å². The third-order valence-corrected chi connectivity index (χ3v) is 18.9. The summed E-state index contributed by atoms with van der Waals surface area (Å²) >= 11 is 24.9. The summed E-state index contributed by atoms with van der Waals surface area (Å²) in [5.74, 6) is -1.36. The number of benzene rings is 4. The van der Waals surface area contributed by atoms with E-state index in [1.807, 2.05) is 50.2 Å². The molecule has 4 atom stereocenters. The van der Waals surface area contributed by atoms with Crippen molar-refractivity contribution in [2.24, 2.45) is 0 Å². The fraction of sp³-hybridized carbons (Fsp3) is 0.583. The number of halogens is 10. The Morgan fingerprint density at radius 1 is 0.396 bits per heavy atom. The maximum Gasteiger partial charge on any atom is 0.314 e. The van der Waals surface area contributed by atoms with Crippen molar-refractivity contribution in [2.45, 2.75) is 164 Å². The van der Waals surface area contributed by atoms with Crippen LogP contribution in [0.3, 0.4) is 0 Å². The normalized spacial score (nSPS) is 17.7. The second-order valence-corrected chi connectivity index (χ2v) is 26.1. The highest BCUT2D eigenvalue weighted by atomic mass is 127. The number of hydrogen-bond donors (Lipinski definition) is 0. The lowest BCUT2D eigenvalue weighted by atomic mass is 9.74. The van der Waals surface area contributed by atoms with Crippen molar-refractivity contribution in [2.75, 3.05) is 106 Å². The predicted octanol–water partition coefficient (Wildman–Crippen LogP) is 18.6. The first-order chi connectivity index (χ1) is 45.1. The van der Waals surface area contributed by atoms with Gasteiger partial charge in [0.2, 0.25) is 0 Å². The molecule has 0 radical (unpaired) electrons. The molecule has 4 aromatic carbocycles. The molecule has 4 aliphatic rings. The van der Waals surface area contributed by atoms with Crippen LogP contribution in [0, 0.1) is 13.1 Å². The number of nitrogens with zero attached hydrogens (tertiary/aromatic N) is 2. The fourth-order valence-corrected chi connectivity index (χ4v) is 13.1. The molecule has 4 aromatic rings. The van der Waals surface area contributed by atoms with Crippen LogP contribution in [0.4, 0.5) is 17.6 Å². The van der Waals surface area contributed by atoms with Gasteiger partial charge in [-0.05, 0) is 185 Å². The SMILES string of the molecule is CCOC(=O)C[C@@H](C)c1cc(Cl)cc(C2(CF)CCOCC2)c1.CCOC(=O)C[C@H](C)c1cc(Cl)cc(C2(CF)CCOCC2)c1.I.I.[C-]#[N+][C@@H](CC(=O)OCC)c1cc(Cl)cc(C2(CF)CCOCC2)c1.[C-]#[N+][C@H](CC(=O)OCC)c1cc(Cl)cc(C2(CF)CCOCC2)c1. The Balaban J connectivity index is 0.000000331. The number of alkyl halides is 4. The predicted molar refractivity (Wildman–Crippen MR) is 388 cm³/mol. The molecule has 0 amide bonds. The minimum absolute atomic E-state index is 0. The van der Waals surface area contributed by atoms with E-state index in [1.54, 1.807) is 64.1 Å². The van der Waals surface area contributed by atoms with E-state index in [-0.39, 0.29) is 97.8 Å². The van der Waals surface area contributed by atoms with Gasteiger partial charge in [-0.1, -0.05) is 72.4 Å². The molecule has 532 valence electrons. The summed E-state index contributed by atoms with van der Waals surface area (Å²) < 4.78 is 96.6. The molecule has 4 saturated heterocycles. The zero-order valence-corrected chi connectivity index (χ0v) is 63.4. The van der Waals surface area contributed by atoms with Gasteiger partial charge in [-0.3, -0.25) is 36.7 Å². The van der Waals surface area contributed by atoms with Gasteiger partial charge in [-0.25, -0.2) is 13.1 Å². The highest BCUT2D eigenvalue weighted by Crippen LogP contribution is 2.43. The number of esters is 4. The Morgan fingerprint density at radius 2 is 0.604 bits per heavy atom. The first-order valence-corrected chi connectivity index (χ1v) is 33.8. The minimum atomic E-state index is -0.682. The second-order valence-electron chi connectivity index (χ2n) is 24.3. The van der Waals surface area contributed by atoms with Crippen molar-refractivity contribution in [3.63, 3.8) is 0 Å². The average Bonchev–Trinajstić information content (AvgIpc) is 0.820. The monoisotopic (exact) mass is 1650 g/mol. The van der Waals surface area contributed by atoms with Crippen molar-refractivity contribution >= 4 is 118 Å². The Bertz CT molecular complexity index is 2960. The number of hydrogen-bond acceptors (Lipinski definition) is 12. The first kappa shape index (κ1) is 86.1. The Labute approximate surface area is 618 Å². The molecular weight excluding hydrogens is 1560 g/mol. The molecule has 8 rings (SSSR count). The van der Waals surface area contributed by atoms with Crippen molar-refractivity contribution in [3.05, 3.63) is 160 Å². The van der Waals surface area contributed by atoms with E-state index in [2.05, 4.69) is 9.69 Å². The van der Waals surface area contributed by atoms with Crippen LogP contribution in [-0.2, 0) is 78.7 Å². The van der Waals surface area contributed by atoms with Crippen molar-refractivity contribution < 1.29 is 74.6 Å². The van der Waals surface area contributed by atoms with Gasteiger partial charge in [0.15, 0.2) is 0 Å². The summed E-state index contributed by atoms with van der Waals surface area (Å²) in [6.45, 7) is 29.4. The van der Waals surface area contributed by atoms with Crippen molar-refractivity contribution in [3.8, 4) is 0 Å². The van der Waals surface area contributed by atoms with Gasteiger partial charge < -0.3 is 47.6 Å². The molecule has 0 unspecified atom stereocenters. The highest BCUT2D eigenvalue weighted by molar-refractivity contribution is 14.0. The van der Waals surface area contributed by atoms with Crippen LogP contribution in [0.25, 0.3) is 9.69 Å². The summed E-state index contributed by atoms with van der Waals surface area (Å²) in [7, 11) is 0. The fourth-order valence-electron chi connectivity index (χ4n) is 12.1. The third kappa shape index (κ3) is 25.2. The molecular formula is C72H92Cl4F4I2N2O12. The zero-order chi connectivity index (χ0) is 68.9. The van der Waals surface area contributed by atoms with Gasteiger partial charge in [0.25, 0.3) is 12.1 Å². The van der Waals surface area contributed by atoms with Crippen molar-refractivity contribution in [1.29, 1.82) is 0 Å². The Kier molecular flexibility index (Phi) is 39.1. The van der Waals surface area contributed by atoms with Gasteiger partial charge in [0.1, 0.15) is 12.8 Å². The molecule has 4 heterocycles. The summed E-state index contributed by atoms with van der Waals surface area (Å²) in [5, 5.41) is 2.04. The molecule has 0 N–H and O–H groups in total. The molecule has 4 fully saturated rings. The molecule has 96 heavy (non-hydrogen) atoms. The molecule has 0 saturated carbocycles. The summed E-state index contributed by atoms with van der Waals surface area (Å²) in [5.41, 5.74) is 4.18. The number of ether oxygens (including phenoxy) is 8. The number of carbonyl (C=O) groups is 4. The first-order valence-electron chi connectivity index (χ1n) is 32.2. The number of carbonyl (C=O) groups excluding carboxylic acids is 4. The topological polar surface area (TPSA) is 151 Å². The van der Waals surface area contributed by atoms with Gasteiger partial charge >= 0.3 is 23.9 Å². The highest BCUT2D eigenvalue weighted by Gasteiger charge is 2.40. The van der Waals surface area contributed by atoms with Crippen molar-refractivity contribution in [1.82, 2.24) is 0 Å². The van der Waals surface area contributed by atoms with Crippen LogP contribution in [0.2, 0.25) is 20.1 Å². The van der Waals surface area contributed by atoms with Gasteiger partial charge in [-0.2, -0.15) is 0 Å². The molecule has 0 aromatic heterocycles. The van der Waals surface area contributed by atoms with Gasteiger partial charge in [-0.15, -0.1) is 48.0 Å². The van der Waals surface area contributed by atoms with E-state index in [1.165, 1.54) is 0 Å². The van der Waals surface area contributed by atoms with E-state index < -0.39 is 72.4 Å². The third-order valence-electron chi connectivity index (χ3n) is 18.1. The number of rotatable bonds is 24. The maximum atomic E-state index is 13.8. The van der Waals surface area contributed by atoms with E-state index in [0.717, 1.165) is 33.4 Å².